The highest BCUT2D eigenvalue weighted by atomic mass is 35.5. The first-order valence-corrected chi connectivity index (χ1v) is 8.40. The van der Waals surface area contributed by atoms with E-state index in [0.29, 0.717) is 6.04 Å². The van der Waals surface area contributed by atoms with Crippen molar-refractivity contribution >= 4 is 17.3 Å². The molecule has 1 aliphatic rings. The second-order valence-corrected chi connectivity index (χ2v) is 6.01. The standard InChI is InChI=1S/C17H27ClN2/c1-3-19-13-14-9-8-12-16(18)17(14)20(4-2)15-10-6-5-7-11-15/h8-9,12,15,19H,3-7,10-11,13H2,1-2H3. The third kappa shape index (κ3) is 3.67. The molecule has 1 aromatic carbocycles. The molecule has 0 bridgehead atoms. The number of anilines is 1. The van der Waals surface area contributed by atoms with E-state index in [2.05, 4.69) is 36.2 Å². The SMILES string of the molecule is CCNCc1cccc(Cl)c1N(CC)C1CCCCC1. The normalized spacial score (nSPS) is 16.4. The Hall–Kier alpha value is -0.730. The average Bonchev–Trinajstić information content (AvgIpc) is 2.49. The van der Waals surface area contributed by atoms with Gasteiger partial charge in [0.25, 0.3) is 0 Å². The molecule has 2 rings (SSSR count). The lowest BCUT2D eigenvalue weighted by molar-refractivity contribution is 0.417. The second kappa shape index (κ2) is 7.90. The van der Waals surface area contributed by atoms with E-state index in [4.69, 9.17) is 11.6 Å². The van der Waals surface area contributed by atoms with Crippen LogP contribution in [0.1, 0.15) is 51.5 Å². The molecule has 2 nitrogen and oxygen atoms in total. The van der Waals surface area contributed by atoms with Gasteiger partial charge < -0.3 is 10.2 Å². The fourth-order valence-electron chi connectivity index (χ4n) is 3.28. The number of hydrogen-bond acceptors (Lipinski definition) is 2. The Morgan fingerprint density at radius 3 is 2.60 bits per heavy atom. The molecule has 0 radical (unpaired) electrons. The maximum absolute atomic E-state index is 6.53. The minimum absolute atomic E-state index is 0.661. The van der Waals surface area contributed by atoms with Crippen LogP contribution in [-0.2, 0) is 6.54 Å². The van der Waals surface area contributed by atoms with Crippen LogP contribution < -0.4 is 10.2 Å². The molecule has 0 heterocycles. The predicted octanol–water partition coefficient (Wildman–Crippen LogP) is 4.61. The summed E-state index contributed by atoms with van der Waals surface area (Å²) >= 11 is 6.53. The van der Waals surface area contributed by atoms with Crippen LogP contribution in [0.25, 0.3) is 0 Å². The Morgan fingerprint density at radius 1 is 1.20 bits per heavy atom. The molecule has 0 spiro atoms. The lowest BCUT2D eigenvalue weighted by Crippen LogP contribution is -2.37. The molecule has 1 fully saturated rings. The van der Waals surface area contributed by atoms with Gasteiger partial charge in [-0.15, -0.1) is 0 Å². The summed E-state index contributed by atoms with van der Waals surface area (Å²) in [5.41, 5.74) is 2.58. The molecular formula is C17H27ClN2. The molecule has 0 aliphatic heterocycles. The molecule has 0 atom stereocenters. The van der Waals surface area contributed by atoms with E-state index in [1.54, 1.807) is 0 Å². The van der Waals surface area contributed by atoms with Gasteiger partial charge in [-0.2, -0.15) is 0 Å². The number of hydrogen-bond donors (Lipinski definition) is 1. The fourth-order valence-corrected chi connectivity index (χ4v) is 3.58. The molecular weight excluding hydrogens is 268 g/mol. The quantitative estimate of drug-likeness (QED) is 0.824. The lowest BCUT2D eigenvalue weighted by Gasteiger charge is -2.37. The molecule has 1 N–H and O–H groups in total. The molecule has 1 aromatic rings. The van der Waals surface area contributed by atoms with Crippen LogP contribution in [0.3, 0.4) is 0 Å². The number of para-hydroxylation sites is 1. The summed E-state index contributed by atoms with van der Waals surface area (Å²) in [6.45, 7) is 7.31. The van der Waals surface area contributed by atoms with Gasteiger partial charge in [0.05, 0.1) is 10.7 Å². The predicted molar refractivity (Wildman–Crippen MR) is 88.7 cm³/mol. The molecule has 112 valence electrons. The number of nitrogens with one attached hydrogen (secondary N) is 1. The van der Waals surface area contributed by atoms with Gasteiger partial charge in [-0.05, 0) is 37.9 Å². The highest BCUT2D eigenvalue weighted by Crippen LogP contribution is 2.34. The van der Waals surface area contributed by atoms with Crippen molar-refractivity contribution in [2.24, 2.45) is 0 Å². The summed E-state index contributed by atoms with van der Waals surface area (Å²) in [6.07, 6.45) is 6.71. The van der Waals surface area contributed by atoms with Crippen LogP contribution in [0.15, 0.2) is 18.2 Å². The Balaban J connectivity index is 2.26. The highest BCUT2D eigenvalue weighted by Gasteiger charge is 2.23. The molecule has 0 amide bonds. The molecule has 0 saturated heterocycles. The summed E-state index contributed by atoms with van der Waals surface area (Å²) in [4.78, 5) is 2.54. The van der Waals surface area contributed by atoms with Crippen molar-refractivity contribution in [1.82, 2.24) is 5.32 Å². The minimum Gasteiger partial charge on any atom is -0.367 e. The highest BCUT2D eigenvalue weighted by molar-refractivity contribution is 6.33. The zero-order chi connectivity index (χ0) is 14.4. The summed E-state index contributed by atoms with van der Waals surface area (Å²) in [5, 5.41) is 4.32. The fraction of sp³-hybridized carbons (Fsp3) is 0.647. The van der Waals surface area contributed by atoms with Crippen LogP contribution in [0.5, 0.6) is 0 Å². The summed E-state index contributed by atoms with van der Waals surface area (Å²) in [6, 6.07) is 6.95. The smallest absolute Gasteiger partial charge is 0.0643 e. The topological polar surface area (TPSA) is 15.3 Å². The zero-order valence-electron chi connectivity index (χ0n) is 12.8. The molecule has 1 saturated carbocycles. The molecule has 1 aliphatic carbocycles. The van der Waals surface area contributed by atoms with Crippen LogP contribution in [0, 0.1) is 0 Å². The van der Waals surface area contributed by atoms with Crippen LogP contribution >= 0.6 is 11.6 Å². The van der Waals surface area contributed by atoms with E-state index in [9.17, 15) is 0 Å². The third-order valence-electron chi connectivity index (χ3n) is 4.28. The second-order valence-electron chi connectivity index (χ2n) is 5.61. The molecule has 0 unspecified atom stereocenters. The Labute approximate surface area is 128 Å². The van der Waals surface area contributed by atoms with Gasteiger partial charge in [0, 0.05) is 19.1 Å². The first-order valence-electron chi connectivity index (χ1n) is 8.02. The monoisotopic (exact) mass is 294 g/mol. The van der Waals surface area contributed by atoms with E-state index in [1.165, 1.54) is 43.4 Å². The van der Waals surface area contributed by atoms with Crippen LogP contribution in [0.4, 0.5) is 5.69 Å². The summed E-state index contributed by atoms with van der Waals surface area (Å²) in [7, 11) is 0. The van der Waals surface area contributed by atoms with Crippen molar-refractivity contribution in [3.05, 3.63) is 28.8 Å². The van der Waals surface area contributed by atoms with Gasteiger partial charge in [-0.1, -0.05) is 49.9 Å². The maximum Gasteiger partial charge on any atom is 0.0643 e. The third-order valence-corrected chi connectivity index (χ3v) is 4.58. The zero-order valence-corrected chi connectivity index (χ0v) is 13.5. The van der Waals surface area contributed by atoms with Crippen molar-refractivity contribution in [2.45, 2.75) is 58.5 Å². The molecule has 0 aromatic heterocycles. The maximum atomic E-state index is 6.53. The van der Waals surface area contributed by atoms with E-state index < -0.39 is 0 Å². The number of benzene rings is 1. The summed E-state index contributed by atoms with van der Waals surface area (Å²) in [5.74, 6) is 0. The first-order chi connectivity index (χ1) is 9.77. The Bertz CT molecular complexity index is 413. The minimum atomic E-state index is 0.661. The van der Waals surface area contributed by atoms with Gasteiger partial charge in [-0.3, -0.25) is 0 Å². The first kappa shape index (κ1) is 15.7. The van der Waals surface area contributed by atoms with Crippen molar-refractivity contribution in [3.8, 4) is 0 Å². The number of nitrogens with zero attached hydrogens (tertiary/aromatic N) is 1. The van der Waals surface area contributed by atoms with Crippen LogP contribution in [0.2, 0.25) is 5.02 Å². The Kier molecular flexibility index (Phi) is 6.18. The van der Waals surface area contributed by atoms with Crippen molar-refractivity contribution in [3.63, 3.8) is 0 Å². The lowest BCUT2D eigenvalue weighted by atomic mass is 9.93. The van der Waals surface area contributed by atoms with Crippen molar-refractivity contribution < 1.29 is 0 Å². The largest absolute Gasteiger partial charge is 0.367 e. The van der Waals surface area contributed by atoms with Gasteiger partial charge in [0.2, 0.25) is 0 Å². The van der Waals surface area contributed by atoms with Crippen molar-refractivity contribution in [2.75, 3.05) is 18.0 Å². The molecule has 3 heteroatoms. The van der Waals surface area contributed by atoms with Gasteiger partial charge in [0.1, 0.15) is 0 Å². The van der Waals surface area contributed by atoms with Crippen LogP contribution in [-0.4, -0.2) is 19.1 Å². The van der Waals surface area contributed by atoms with E-state index in [0.717, 1.165) is 24.7 Å². The summed E-state index contributed by atoms with van der Waals surface area (Å²) < 4.78 is 0. The van der Waals surface area contributed by atoms with Gasteiger partial charge in [-0.25, -0.2) is 0 Å². The van der Waals surface area contributed by atoms with E-state index >= 15 is 0 Å². The average molecular weight is 295 g/mol. The van der Waals surface area contributed by atoms with Gasteiger partial charge >= 0.3 is 0 Å². The molecule has 20 heavy (non-hydrogen) atoms. The van der Waals surface area contributed by atoms with Crippen molar-refractivity contribution in [1.29, 1.82) is 0 Å². The van der Waals surface area contributed by atoms with Gasteiger partial charge in [0.15, 0.2) is 0 Å². The Morgan fingerprint density at radius 2 is 1.95 bits per heavy atom. The van der Waals surface area contributed by atoms with E-state index in [1.807, 2.05) is 6.07 Å². The number of rotatable bonds is 6. The van der Waals surface area contributed by atoms with E-state index in [-0.39, 0.29) is 0 Å². The number of halogens is 1.